The van der Waals surface area contributed by atoms with Crippen LogP contribution in [0.15, 0.2) is 10.0 Å². The van der Waals surface area contributed by atoms with Gasteiger partial charge >= 0.3 is 5.89 Å². The number of nitrogens with zero attached hydrogens (tertiary/aromatic N) is 5. The van der Waals surface area contributed by atoms with Gasteiger partial charge in [-0.25, -0.2) is 4.98 Å². The maximum Gasteiger partial charge on any atom is 0.316 e. The zero-order valence-electron chi connectivity index (χ0n) is 4.63. The van der Waals surface area contributed by atoms with Crippen molar-refractivity contribution in [2.24, 2.45) is 0 Å². The van der Waals surface area contributed by atoms with Crippen LogP contribution >= 0.6 is 11.5 Å². The molecule has 2 aromatic heterocycles. The molecule has 0 aliphatic rings. The van der Waals surface area contributed by atoms with Crippen molar-refractivity contribution in [3.63, 3.8) is 0 Å². The molecule has 0 amide bonds. The van der Waals surface area contributed by atoms with Crippen LogP contribution in [-0.4, -0.2) is 24.9 Å². The van der Waals surface area contributed by atoms with Gasteiger partial charge < -0.3 is 4.52 Å². The molecule has 0 atom stereocenters. The van der Waals surface area contributed by atoms with E-state index in [-0.39, 0.29) is 5.89 Å². The SMILES string of the molecule is c1nc(-c2nnno2)ns1. The first kappa shape index (κ1) is 5.42. The molecule has 2 aromatic rings. The van der Waals surface area contributed by atoms with E-state index in [0.29, 0.717) is 5.82 Å². The normalized spacial score (nSPS) is 10.0. The fraction of sp³-hybridized carbons (Fsp3) is 0. The Kier molecular flexibility index (Phi) is 1.14. The van der Waals surface area contributed by atoms with Crippen molar-refractivity contribution in [2.75, 3.05) is 0 Å². The Balaban J connectivity index is 2.48. The zero-order valence-corrected chi connectivity index (χ0v) is 5.45. The number of rotatable bonds is 1. The highest BCUT2D eigenvalue weighted by atomic mass is 32.1. The lowest BCUT2D eigenvalue weighted by atomic mass is 10.6. The first-order valence-corrected chi connectivity index (χ1v) is 3.22. The lowest BCUT2D eigenvalue weighted by Gasteiger charge is -1.75. The fourth-order valence-electron chi connectivity index (χ4n) is 0.484. The molecule has 0 aromatic carbocycles. The minimum atomic E-state index is 0.251. The van der Waals surface area contributed by atoms with E-state index in [0.717, 1.165) is 0 Å². The van der Waals surface area contributed by atoms with Crippen LogP contribution in [0.3, 0.4) is 0 Å². The predicted molar refractivity (Wildman–Crippen MR) is 31.0 cm³/mol. The summed E-state index contributed by atoms with van der Waals surface area (Å²) in [6.45, 7) is 0. The molecule has 10 heavy (non-hydrogen) atoms. The molecule has 2 heterocycles. The molecule has 0 spiro atoms. The van der Waals surface area contributed by atoms with Crippen molar-refractivity contribution < 1.29 is 4.52 Å². The lowest BCUT2D eigenvalue weighted by molar-refractivity contribution is 0.402. The average molecular weight is 155 g/mol. The van der Waals surface area contributed by atoms with Gasteiger partial charge in [-0.1, -0.05) is 5.10 Å². The molecule has 0 saturated carbocycles. The van der Waals surface area contributed by atoms with E-state index in [9.17, 15) is 0 Å². The topological polar surface area (TPSA) is 77.6 Å². The van der Waals surface area contributed by atoms with Gasteiger partial charge in [0, 0.05) is 0 Å². The Morgan fingerprint density at radius 1 is 1.50 bits per heavy atom. The molecule has 0 bridgehead atoms. The maximum absolute atomic E-state index is 4.59. The van der Waals surface area contributed by atoms with Gasteiger partial charge in [-0.2, -0.15) is 4.37 Å². The van der Waals surface area contributed by atoms with E-state index in [1.807, 2.05) is 0 Å². The van der Waals surface area contributed by atoms with Crippen LogP contribution in [0, 0.1) is 0 Å². The summed E-state index contributed by atoms with van der Waals surface area (Å²) in [7, 11) is 0. The van der Waals surface area contributed by atoms with Crippen LogP contribution in [0.5, 0.6) is 0 Å². The highest BCUT2D eigenvalue weighted by molar-refractivity contribution is 7.03. The molecular weight excluding hydrogens is 154 g/mol. The maximum atomic E-state index is 4.59. The highest BCUT2D eigenvalue weighted by Crippen LogP contribution is 2.08. The number of hydrogen-bond donors (Lipinski definition) is 0. The highest BCUT2D eigenvalue weighted by Gasteiger charge is 2.06. The third kappa shape index (κ3) is 0.760. The van der Waals surface area contributed by atoms with Gasteiger partial charge in [0.25, 0.3) is 0 Å². The molecule has 50 valence electrons. The van der Waals surface area contributed by atoms with Crippen molar-refractivity contribution in [3.8, 4) is 11.7 Å². The van der Waals surface area contributed by atoms with E-state index < -0.39 is 0 Å². The van der Waals surface area contributed by atoms with Crippen molar-refractivity contribution in [2.45, 2.75) is 0 Å². The summed E-state index contributed by atoms with van der Waals surface area (Å²) in [5.74, 6) is 0.677. The van der Waals surface area contributed by atoms with E-state index >= 15 is 0 Å². The largest absolute Gasteiger partial charge is 0.316 e. The Labute approximate surface area is 59.1 Å². The van der Waals surface area contributed by atoms with Crippen LogP contribution in [0.2, 0.25) is 0 Å². The van der Waals surface area contributed by atoms with Crippen LogP contribution < -0.4 is 0 Å². The van der Waals surface area contributed by atoms with Crippen molar-refractivity contribution >= 4 is 11.5 Å². The second kappa shape index (κ2) is 2.10. The third-order valence-corrected chi connectivity index (χ3v) is 1.33. The third-order valence-electron chi connectivity index (χ3n) is 0.852. The second-order valence-electron chi connectivity index (χ2n) is 1.42. The van der Waals surface area contributed by atoms with Gasteiger partial charge in [0.1, 0.15) is 5.51 Å². The zero-order chi connectivity index (χ0) is 6.81. The summed E-state index contributed by atoms with van der Waals surface area (Å²) in [5, 5.41) is 9.92. The first-order valence-electron chi connectivity index (χ1n) is 2.38. The molecule has 0 saturated heterocycles. The van der Waals surface area contributed by atoms with Gasteiger partial charge in [-0.3, -0.25) is 0 Å². The van der Waals surface area contributed by atoms with E-state index in [4.69, 9.17) is 0 Å². The molecule has 7 heteroatoms. The Hall–Kier alpha value is -1.37. The lowest BCUT2D eigenvalue weighted by Crippen LogP contribution is -1.78. The van der Waals surface area contributed by atoms with Gasteiger partial charge in [0.15, 0.2) is 0 Å². The Morgan fingerprint density at radius 2 is 2.50 bits per heavy atom. The molecule has 0 fully saturated rings. The van der Waals surface area contributed by atoms with E-state index in [1.54, 1.807) is 5.51 Å². The molecule has 0 unspecified atom stereocenters. The summed E-state index contributed by atoms with van der Waals surface area (Å²) in [4.78, 5) is 3.83. The Bertz CT molecular complexity index is 256. The first-order chi connectivity index (χ1) is 4.97. The molecular formula is C3HN5OS. The second-order valence-corrected chi connectivity index (χ2v) is 2.03. The standard InChI is InChI=1S/C3HN5OS/c1-4-2(6-10-1)3-5-7-8-9-3/h1H. The molecule has 2 rings (SSSR count). The monoisotopic (exact) mass is 155 g/mol. The summed E-state index contributed by atoms with van der Waals surface area (Å²) in [6, 6.07) is 0. The minimum Gasteiger partial charge on any atom is -0.311 e. The van der Waals surface area contributed by atoms with Crippen LogP contribution in [0.4, 0.5) is 0 Å². The molecule has 0 aliphatic carbocycles. The molecule has 6 nitrogen and oxygen atoms in total. The van der Waals surface area contributed by atoms with Crippen molar-refractivity contribution in [3.05, 3.63) is 5.51 Å². The molecule has 0 radical (unpaired) electrons. The number of hydrogen-bond acceptors (Lipinski definition) is 7. The smallest absolute Gasteiger partial charge is 0.311 e. The van der Waals surface area contributed by atoms with E-state index in [2.05, 4.69) is 29.5 Å². The van der Waals surface area contributed by atoms with Crippen LogP contribution in [-0.2, 0) is 0 Å². The minimum absolute atomic E-state index is 0.251. The van der Waals surface area contributed by atoms with Crippen LogP contribution in [0.1, 0.15) is 0 Å². The van der Waals surface area contributed by atoms with E-state index in [1.165, 1.54) is 11.5 Å². The van der Waals surface area contributed by atoms with Crippen molar-refractivity contribution in [1.82, 2.24) is 24.9 Å². The van der Waals surface area contributed by atoms with Gasteiger partial charge in [0.05, 0.1) is 5.27 Å². The summed E-state index contributed by atoms with van der Waals surface area (Å²) < 4.78 is 8.44. The van der Waals surface area contributed by atoms with Crippen molar-refractivity contribution in [1.29, 1.82) is 0 Å². The number of aromatic nitrogens is 5. The molecule has 0 aliphatic heterocycles. The fourth-order valence-corrected chi connectivity index (χ4v) is 0.904. The predicted octanol–water partition coefficient (Wildman–Crippen LogP) is -0.0169. The van der Waals surface area contributed by atoms with Gasteiger partial charge in [-0.15, -0.1) is 0 Å². The van der Waals surface area contributed by atoms with Gasteiger partial charge in [0.2, 0.25) is 5.82 Å². The summed E-state index contributed by atoms with van der Waals surface area (Å²) in [6.07, 6.45) is 0. The quantitative estimate of drug-likeness (QED) is 0.576. The average Bonchev–Trinajstić information content (AvgIpc) is 2.59. The summed E-state index contributed by atoms with van der Waals surface area (Å²) >= 11 is 1.22. The Morgan fingerprint density at radius 3 is 3.10 bits per heavy atom. The summed E-state index contributed by atoms with van der Waals surface area (Å²) in [5.41, 5.74) is 1.58. The van der Waals surface area contributed by atoms with Gasteiger partial charge in [-0.05, 0) is 16.7 Å². The molecule has 0 N–H and O–H groups in total. The van der Waals surface area contributed by atoms with Crippen LogP contribution in [0.25, 0.3) is 11.7 Å².